The molecule has 4 heteroatoms. The Morgan fingerprint density at radius 1 is 0.889 bits per heavy atom. The molecule has 1 saturated heterocycles. The molecule has 0 aliphatic carbocycles. The Hall–Kier alpha value is -2.95. The predicted molar refractivity (Wildman–Crippen MR) is 106 cm³/mol. The summed E-state index contributed by atoms with van der Waals surface area (Å²) in [5.74, 6) is 0. The van der Waals surface area contributed by atoms with Gasteiger partial charge in [0, 0.05) is 22.0 Å². The molecule has 0 unspecified atom stereocenters. The van der Waals surface area contributed by atoms with Crippen LogP contribution in [-0.4, -0.2) is 30.4 Å². The quantitative estimate of drug-likeness (QED) is 0.499. The number of aldehydes is 1. The summed E-state index contributed by atoms with van der Waals surface area (Å²) in [6.07, 6.45) is 0.667. The van der Waals surface area contributed by atoms with Gasteiger partial charge in [-0.05, 0) is 16.8 Å². The molecule has 1 aliphatic heterocycles. The molecule has 134 valence electrons. The van der Waals surface area contributed by atoms with Crippen LogP contribution in [0.25, 0.3) is 32.9 Å². The fourth-order valence-electron chi connectivity index (χ4n) is 4.02. The standard InChI is InChI=1S/C23H19NO3/c25-15-20-18-9-3-4-11-21(18)24(14-22-26-12-13-27-22)23(20)19-10-5-7-16-6-1-2-8-17(16)19/h1-11,15,22H,12-14H2. The molecular weight excluding hydrogens is 338 g/mol. The van der Waals surface area contributed by atoms with E-state index in [1.807, 2.05) is 42.5 Å². The van der Waals surface area contributed by atoms with E-state index >= 15 is 0 Å². The van der Waals surface area contributed by atoms with Crippen LogP contribution in [0.4, 0.5) is 0 Å². The fraction of sp³-hybridized carbons (Fsp3) is 0.174. The van der Waals surface area contributed by atoms with Crippen molar-refractivity contribution in [3.05, 3.63) is 72.3 Å². The molecule has 2 heterocycles. The van der Waals surface area contributed by atoms with Crippen molar-refractivity contribution in [2.75, 3.05) is 13.2 Å². The molecule has 1 aliphatic rings. The molecule has 1 fully saturated rings. The molecule has 4 aromatic rings. The second-order valence-corrected chi connectivity index (χ2v) is 6.71. The Morgan fingerprint density at radius 2 is 1.59 bits per heavy atom. The summed E-state index contributed by atoms with van der Waals surface area (Å²) in [7, 11) is 0. The van der Waals surface area contributed by atoms with Gasteiger partial charge in [-0.1, -0.05) is 60.7 Å². The number of benzene rings is 3. The third-order valence-corrected chi connectivity index (χ3v) is 5.20. The Bertz CT molecular complexity index is 1130. The third kappa shape index (κ3) is 2.65. The maximum atomic E-state index is 12.1. The van der Waals surface area contributed by atoms with Crippen LogP contribution in [0, 0.1) is 0 Å². The highest BCUT2D eigenvalue weighted by molar-refractivity contribution is 6.09. The fourth-order valence-corrected chi connectivity index (χ4v) is 4.02. The molecule has 0 spiro atoms. The number of carbonyl (C=O) groups excluding carboxylic acids is 1. The lowest BCUT2D eigenvalue weighted by molar-refractivity contribution is -0.0514. The lowest BCUT2D eigenvalue weighted by Gasteiger charge is -2.16. The summed E-state index contributed by atoms with van der Waals surface area (Å²) >= 11 is 0. The number of para-hydroxylation sites is 1. The minimum atomic E-state index is -0.297. The molecule has 0 atom stereocenters. The highest BCUT2D eigenvalue weighted by atomic mass is 16.7. The normalized spacial score (nSPS) is 15.0. The molecule has 3 aromatic carbocycles. The van der Waals surface area contributed by atoms with E-state index in [0.29, 0.717) is 25.3 Å². The Kier molecular flexibility index (Phi) is 4.00. The molecule has 0 bridgehead atoms. The maximum absolute atomic E-state index is 12.1. The highest BCUT2D eigenvalue weighted by Gasteiger charge is 2.24. The SMILES string of the molecule is O=Cc1c(-c2cccc3ccccc23)n(CC2OCCO2)c2ccccc12. The van der Waals surface area contributed by atoms with E-state index in [1.165, 1.54) is 0 Å². The number of aromatic nitrogens is 1. The van der Waals surface area contributed by atoms with Crippen LogP contribution in [0.5, 0.6) is 0 Å². The first-order valence-corrected chi connectivity index (χ1v) is 9.14. The second-order valence-electron chi connectivity index (χ2n) is 6.71. The van der Waals surface area contributed by atoms with Crippen LogP contribution in [0.15, 0.2) is 66.7 Å². The summed E-state index contributed by atoms with van der Waals surface area (Å²) in [4.78, 5) is 12.1. The van der Waals surface area contributed by atoms with Crippen LogP contribution in [0.3, 0.4) is 0 Å². The zero-order valence-corrected chi connectivity index (χ0v) is 14.8. The van der Waals surface area contributed by atoms with E-state index in [0.717, 1.165) is 39.2 Å². The van der Waals surface area contributed by atoms with E-state index < -0.39 is 0 Å². The third-order valence-electron chi connectivity index (χ3n) is 5.20. The Balaban J connectivity index is 1.83. The van der Waals surface area contributed by atoms with Gasteiger partial charge in [0.25, 0.3) is 0 Å². The number of hydrogen-bond acceptors (Lipinski definition) is 3. The zero-order chi connectivity index (χ0) is 18.2. The molecule has 4 nitrogen and oxygen atoms in total. The minimum Gasteiger partial charge on any atom is -0.348 e. The summed E-state index contributed by atoms with van der Waals surface area (Å²) in [5.41, 5.74) is 3.69. The van der Waals surface area contributed by atoms with Crippen molar-refractivity contribution in [2.45, 2.75) is 12.8 Å². The number of nitrogens with zero attached hydrogens (tertiary/aromatic N) is 1. The molecule has 0 N–H and O–H groups in total. The Morgan fingerprint density at radius 3 is 2.41 bits per heavy atom. The van der Waals surface area contributed by atoms with Gasteiger partial charge in [0.05, 0.1) is 25.5 Å². The van der Waals surface area contributed by atoms with E-state index in [-0.39, 0.29) is 6.29 Å². The van der Waals surface area contributed by atoms with Crippen molar-refractivity contribution in [1.82, 2.24) is 4.57 Å². The lowest BCUT2D eigenvalue weighted by Crippen LogP contribution is -2.17. The first-order chi connectivity index (χ1) is 13.4. The monoisotopic (exact) mass is 357 g/mol. The molecule has 0 saturated carbocycles. The first kappa shape index (κ1) is 16.2. The molecule has 27 heavy (non-hydrogen) atoms. The molecule has 1 aromatic heterocycles. The summed E-state index contributed by atoms with van der Waals surface area (Å²) in [6, 6.07) is 22.5. The zero-order valence-electron chi connectivity index (χ0n) is 14.8. The van der Waals surface area contributed by atoms with Crippen molar-refractivity contribution in [2.24, 2.45) is 0 Å². The largest absolute Gasteiger partial charge is 0.348 e. The predicted octanol–water partition coefficient (Wildman–Crippen LogP) is 4.65. The van der Waals surface area contributed by atoms with Crippen LogP contribution < -0.4 is 0 Å². The van der Waals surface area contributed by atoms with Crippen LogP contribution in [-0.2, 0) is 16.0 Å². The van der Waals surface area contributed by atoms with E-state index in [9.17, 15) is 4.79 Å². The van der Waals surface area contributed by atoms with Crippen molar-refractivity contribution in [3.8, 4) is 11.3 Å². The summed E-state index contributed by atoms with van der Waals surface area (Å²) < 4.78 is 13.6. The second kappa shape index (κ2) is 6.65. The number of hydrogen-bond donors (Lipinski definition) is 0. The smallest absolute Gasteiger partial charge is 0.175 e. The van der Waals surface area contributed by atoms with Gasteiger partial charge >= 0.3 is 0 Å². The highest BCUT2D eigenvalue weighted by Crippen LogP contribution is 2.37. The molecular formula is C23H19NO3. The Labute approximate surface area is 156 Å². The van der Waals surface area contributed by atoms with Gasteiger partial charge in [-0.25, -0.2) is 0 Å². The van der Waals surface area contributed by atoms with Crippen molar-refractivity contribution in [3.63, 3.8) is 0 Å². The summed E-state index contributed by atoms with van der Waals surface area (Å²) in [5, 5.41) is 3.23. The number of carbonyl (C=O) groups is 1. The topological polar surface area (TPSA) is 40.5 Å². The van der Waals surface area contributed by atoms with E-state index in [1.54, 1.807) is 0 Å². The average Bonchev–Trinajstić information content (AvgIpc) is 3.34. The molecule has 5 rings (SSSR count). The van der Waals surface area contributed by atoms with Crippen LogP contribution >= 0.6 is 0 Å². The van der Waals surface area contributed by atoms with Gasteiger partial charge in [0.2, 0.25) is 0 Å². The minimum absolute atomic E-state index is 0.297. The van der Waals surface area contributed by atoms with Gasteiger partial charge < -0.3 is 14.0 Å². The first-order valence-electron chi connectivity index (χ1n) is 9.14. The maximum Gasteiger partial charge on any atom is 0.175 e. The lowest BCUT2D eigenvalue weighted by atomic mass is 9.99. The van der Waals surface area contributed by atoms with Gasteiger partial charge in [0.1, 0.15) is 0 Å². The van der Waals surface area contributed by atoms with Crippen LogP contribution in [0.2, 0.25) is 0 Å². The van der Waals surface area contributed by atoms with Crippen molar-refractivity contribution in [1.29, 1.82) is 0 Å². The van der Waals surface area contributed by atoms with Gasteiger partial charge in [-0.3, -0.25) is 4.79 Å². The van der Waals surface area contributed by atoms with Gasteiger partial charge in [0.15, 0.2) is 12.6 Å². The van der Waals surface area contributed by atoms with Gasteiger partial charge in [-0.15, -0.1) is 0 Å². The summed E-state index contributed by atoms with van der Waals surface area (Å²) in [6.45, 7) is 1.76. The van der Waals surface area contributed by atoms with Crippen molar-refractivity contribution < 1.29 is 14.3 Å². The molecule has 0 amide bonds. The number of rotatable bonds is 4. The van der Waals surface area contributed by atoms with E-state index in [4.69, 9.17) is 9.47 Å². The average molecular weight is 357 g/mol. The van der Waals surface area contributed by atoms with Crippen molar-refractivity contribution >= 4 is 28.0 Å². The molecule has 0 radical (unpaired) electrons. The number of fused-ring (bicyclic) bond motifs is 2. The number of ether oxygens (including phenoxy) is 2. The van der Waals surface area contributed by atoms with E-state index in [2.05, 4.69) is 28.8 Å². The van der Waals surface area contributed by atoms with Gasteiger partial charge in [-0.2, -0.15) is 0 Å². The van der Waals surface area contributed by atoms with Crippen LogP contribution in [0.1, 0.15) is 10.4 Å².